The predicted molar refractivity (Wildman–Crippen MR) is 64.8 cm³/mol. The van der Waals surface area contributed by atoms with Crippen molar-refractivity contribution in [3.05, 3.63) is 35.4 Å². The van der Waals surface area contributed by atoms with Crippen molar-refractivity contribution >= 4 is 11.6 Å². The normalized spacial score (nSPS) is 11.2. The van der Waals surface area contributed by atoms with Gasteiger partial charge in [-0.15, -0.1) is 0 Å². The molecule has 0 unspecified atom stereocenters. The van der Waals surface area contributed by atoms with E-state index in [0.29, 0.717) is 17.5 Å². The summed E-state index contributed by atoms with van der Waals surface area (Å²) < 4.78 is 0. The molecule has 86 valence electrons. The molecule has 2 heteroatoms. The fourth-order valence-electron chi connectivity index (χ4n) is 1.47. The van der Waals surface area contributed by atoms with E-state index in [4.69, 9.17) is 0 Å². The standard InChI is InChI=1S/C14H18O2/c1-5-12(15)10-7-6-8-11(9-10)13(16)14(2,3)4/h6-9H,5H2,1-4H3. The summed E-state index contributed by atoms with van der Waals surface area (Å²) in [4.78, 5) is 23.5. The maximum Gasteiger partial charge on any atom is 0.168 e. The number of hydrogen-bond acceptors (Lipinski definition) is 2. The van der Waals surface area contributed by atoms with Gasteiger partial charge in [-0.3, -0.25) is 9.59 Å². The minimum Gasteiger partial charge on any atom is -0.294 e. The first-order chi connectivity index (χ1) is 7.36. The Morgan fingerprint density at radius 3 is 2.19 bits per heavy atom. The van der Waals surface area contributed by atoms with Gasteiger partial charge in [0.15, 0.2) is 11.6 Å². The molecule has 0 aliphatic heterocycles. The van der Waals surface area contributed by atoms with Gasteiger partial charge in [0.2, 0.25) is 0 Å². The molecule has 0 N–H and O–H groups in total. The van der Waals surface area contributed by atoms with Crippen LogP contribution in [0, 0.1) is 5.41 Å². The molecule has 0 aliphatic carbocycles. The molecule has 16 heavy (non-hydrogen) atoms. The van der Waals surface area contributed by atoms with Crippen molar-refractivity contribution in [2.75, 3.05) is 0 Å². The zero-order chi connectivity index (χ0) is 12.3. The highest BCUT2D eigenvalue weighted by atomic mass is 16.1. The second-order valence-corrected chi connectivity index (χ2v) is 4.94. The molecular weight excluding hydrogens is 200 g/mol. The van der Waals surface area contributed by atoms with E-state index in [2.05, 4.69) is 0 Å². The highest BCUT2D eigenvalue weighted by Gasteiger charge is 2.23. The molecule has 0 aromatic heterocycles. The zero-order valence-corrected chi connectivity index (χ0v) is 10.3. The van der Waals surface area contributed by atoms with E-state index in [0.717, 1.165) is 0 Å². The molecule has 0 radical (unpaired) electrons. The van der Waals surface area contributed by atoms with Gasteiger partial charge in [-0.05, 0) is 6.07 Å². The van der Waals surface area contributed by atoms with Gasteiger partial charge in [-0.1, -0.05) is 45.9 Å². The van der Waals surface area contributed by atoms with Crippen LogP contribution >= 0.6 is 0 Å². The van der Waals surface area contributed by atoms with Gasteiger partial charge in [0.25, 0.3) is 0 Å². The van der Waals surface area contributed by atoms with Gasteiger partial charge < -0.3 is 0 Å². The summed E-state index contributed by atoms with van der Waals surface area (Å²) in [6, 6.07) is 6.98. The summed E-state index contributed by atoms with van der Waals surface area (Å²) in [5.74, 6) is 0.141. The van der Waals surface area contributed by atoms with E-state index in [9.17, 15) is 9.59 Å². The van der Waals surface area contributed by atoms with Crippen LogP contribution in [0.3, 0.4) is 0 Å². The average molecular weight is 218 g/mol. The smallest absolute Gasteiger partial charge is 0.168 e. The SMILES string of the molecule is CCC(=O)c1cccc(C(=O)C(C)(C)C)c1. The third-order valence-corrected chi connectivity index (χ3v) is 2.45. The van der Waals surface area contributed by atoms with E-state index in [1.807, 2.05) is 27.7 Å². The molecule has 1 rings (SSSR count). The van der Waals surface area contributed by atoms with E-state index < -0.39 is 5.41 Å². The third-order valence-electron chi connectivity index (χ3n) is 2.45. The number of benzene rings is 1. The van der Waals surface area contributed by atoms with Crippen molar-refractivity contribution in [1.82, 2.24) is 0 Å². The van der Waals surface area contributed by atoms with Gasteiger partial charge >= 0.3 is 0 Å². The second-order valence-electron chi connectivity index (χ2n) is 4.94. The van der Waals surface area contributed by atoms with Gasteiger partial charge in [0.05, 0.1) is 0 Å². The Labute approximate surface area is 96.7 Å². The third kappa shape index (κ3) is 2.78. The molecule has 1 aromatic rings. The number of rotatable bonds is 3. The highest BCUT2D eigenvalue weighted by molar-refractivity contribution is 6.03. The van der Waals surface area contributed by atoms with Crippen molar-refractivity contribution in [3.63, 3.8) is 0 Å². The minimum atomic E-state index is -0.409. The Morgan fingerprint density at radius 2 is 1.69 bits per heavy atom. The summed E-state index contributed by atoms with van der Waals surface area (Å²) in [6.07, 6.45) is 0.465. The highest BCUT2D eigenvalue weighted by Crippen LogP contribution is 2.21. The molecule has 2 nitrogen and oxygen atoms in total. The lowest BCUT2D eigenvalue weighted by Crippen LogP contribution is -2.20. The van der Waals surface area contributed by atoms with Crippen molar-refractivity contribution < 1.29 is 9.59 Å². The number of ketones is 2. The van der Waals surface area contributed by atoms with Crippen LogP contribution in [0.5, 0.6) is 0 Å². The molecule has 1 aromatic carbocycles. The minimum absolute atomic E-state index is 0.0678. The summed E-state index contributed by atoms with van der Waals surface area (Å²) in [7, 11) is 0. The molecule has 0 aliphatic rings. The van der Waals surface area contributed by atoms with Crippen LogP contribution in [0.1, 0.15) is 54.8 Å². The Hall–Kier alpha value is -1.44. The monoisotopic (exact) mass is 218 g/mol. The van der Waals surface area contributed by atoms with Gasteiger partial charge in [-0.2, -0.15) is 0 Å². The number of hydrogen-bond donors (Lipinski definition) is 0. The fraction of sp³-hybridized carbons (Fsp3) is 0.429. The van der Waals surface area contributed by atoms with Crippen LogP contribution < -0.4 is 0 Å². The number of carbonyl (C=O) groups is 2. The van der Waals surface area contributed by atoms with Crippen LogP contribution in [0.4, 0.5) is 0 Å². The second kappa shape index (κ2) is 4.60. The zero-order valence-electron chi connectivity index (χ0n) is 10.3. The first-order valence-electron chi connectivity index (χ1n) is 5.54. The summed E-state index contributed by atoms with van der Waals surface area (Å²) in [6.45, 7) is 7.46. The Balaban J connectivity index is 3.09. The lowest BCUT2D eigenvalue weighted by atomic mass is 9.86. The number of Topliss-reactive ketones (excluding diaryl/α,β-unsaturated/α-hetero) is 2. The van der Waals surface area contributed by atoms with Crippen LogP contribution in [0.25, 0.3) is 0 Å². The van der Waals surface area contributed by atoms with Gasteiger partial charge in [0, 0.05) is 23.0 Å². The van der Waals surface area contributed by atoms with Gasteiger partial charge in [-0.25, -0.2) is 0 Å². The molecular formula is C14H18O2. The van der Waals surface area contributed by atoms with E-state index in [1.54, 1.807) is 24.3 Å². The molecule has 0 saturated carbocycles. The van der Waals surface area contributed by atoms with E-state index >= 15 is 0 Å². The van der Waals surface area contributed by atoms with Crippen molar-refractivity contribution in [2.24, 2.45) is 5.41 Å². The predicted octanol–water partition coefficient (Wildman–Crippen LogP) is 3.51. The average Bonchev–Trinajstić information content (AvgIpc) is 2.26. The van der Waals surface area contributed by atoms with Crippen LogP contribution in [0.2, 0.25) is 0 Å². The maximum atomic E-state index is 12.0. The van der Waals surface area contributed by atoms with E-state index in [1.165, 1.54) is 0 Å². The first-order valence-corrected chi connectivity index (χ1v) is 5.54. The molecule has 0 atom stereocenters. The summed E-state index contributed by atoms with van der Waals surface area (Å²) >= 11 is 0. The topological polar surface area (TPSA) is 34.1 Å². The molecule has 0 saturated heterocycles. The molecule has 0 amide bonds. The Kier molecular flexibility index (Phi) is 3.63. The van der Waals surface area contributed by atoms with Crippen LogP contribution in [-0.2, 0) is 0 Å². The molecule has 0 heterocycles. The Morgan fingerprint density at radius 1 is 1.12 bits per heavy atom. The van der Waals surface area contributed by atoms with Crippen molar-refractivity contribution in [3.8, 4) is 0 Å². The molecule has 0 spiro atoms. The van der Waals surface area contributed by atoms with Crippen molar-refractivity contribution in [1.29, 1.82) is 0 Å². The van der Waals surface area contributed by atoms with Crippen LogP contribution in [-0.4, -0.2) is 11.6 Å². The quantitative estimate of drug-likeness (QED) is 0.727. The number of carbonyl (C=O) groups excluding carboxylic acids is 2. The fourth-order valence-corrected chi connectivity index (χ4v) is 1.47. The lowest BCUT2D eigenvalue weighted by molar-refractivity contribution is 0.0858. The van der Waals surface area contributed by atoms with E-state index in [-0.39, 0.29) is 11.6 Å². The van der Waals surface area contributed by atoms with Gasteiger partial charge in [0.1, 0.15) is 0 Å². The lowest BCUT2D eigenvalue weighted by Gasteiger charge is -2.16. The Bertz CT molecular complexity index is 411. The van der Waals surface area contributed by atoms with Crippen molar-refractivity contribution in [2.45, 2.75) is 34.1 Å². The largest absolute Gasteiger partial charge is 0.294 e. The maximum absolute atomic E-state index is 12.0. The van der Waals surface area contributed by atoms with Crippen LogP contribution in [0.15, 0.2) is 24.3 Å². The first kappa shape index (κ1) is 12.6. The molecule has 0 fully saturated rings. The summed E-state index contributed by atoms with van der Waals surface area (Å²) in [5.41, 5.74) is 0.831. The molecule has 0 bridgehead atoms. The summed E-state index contributed by atoms with van der Waals surface area (Å²) in [5, 5.41) is 0.